The molecule has 1 amide bonds. The highest BCUT2D eigenvalue weighted by molar-refractivity contribution is 9.10. The molecule has 4 rings (SSSR count). The maximum atomic E-state index is 12.7. The normalized spacial score (nSPS) is 17.1. The van der Waals surface area contributed by atoms with Crippen molar-refractivity contribution < 1.29 is 4.79 Å². The molecular formula is C20H19BrN2OS2. The standard InChI is InChI=1S/C20H19BrN2OS2/c1-13-11-14(21)4-5-16(13)22-19(24)12-23-8-6-17-15(7-10-26-17)20(23)18-3-2-9-25-18/h2-5,7,9-11,20H,6,8,12H2,1H3,(H,22,24)/t20-/m1/s1. The van der Waals surface area contributed by atoms with E-state index in [4.69, 9.17) is 0 Å². The van der Waals surface area contributed by atoms with E-state index in [1.807, 2.05) is 36.5 Å². The largest absolute Gasteiger partial charge is 0.325 e. The number of nitrogens with one attached hydrogen (secondary N) is 1. The quantitative estimate of drug-likeness (QED) is 0.576. The van der Waals surface area contributed by atoms with Gasteiger partial charge < -0.3 is 5.32 Å². The summed E-state index contributed by atoms with van der Waals surface area (Å²) in [4.78, 5) is 17.8. The van der Waals surface area contributed by atoms with Gasteiger partial charge >= 0.3 is 0 Å². The van der Waals surface area contributed by atoms with Crippen LogP contribution in [0.3, 0.4) is 0 Å². The molecule has 0 spiro atoms. The zero-order chi connectivity index (χ0) is 18.1. The zero-order valence-electron chi connectivity index (χ0n) is 14.4. The summed E-state index contributed by atoms with van der Waals surface area (Å²) in [6.45, 7) is 3.31. The highest BCUT2D eigenvalue weighted by Gasteiger charge is 2.31. The second kappa shape index (κ2) is 7.64. The lowest BCUT2D eigenvalue weighted by molar-refractivity contribution is -0.117. The average molecular weight is 447 g/mol. The highest BCUT2D eigenvalue weighted by atomic mass is 79.9. The lowest BCUT2D eigenvalue weighted by Gasteiger charge is -2.34. The molecule has 3 aromatic rings. The number of nitrogens with zero attached hydrogens (tertiary/aromatic N) is 1. The van der Waals surface area contributed by atoms with Crippen LogP contribution in [0, 0.1) is 6.92 Å². The monoisotopic (exact) mass is 446 g/mol. The van der Waals surface area contributed by atoms with Crippen molar-refractivity contribution in [2.24, 2.45) is 0 Å². The summed E-state index contributed by atoms with van der Waals surface area (Å²) in [7, 11) is 0. The Morgan fingerprint density at radius 2 is 2.15 bits per heavy atom. The van der Waals surface area contributed by atoms with Gasteiger partial charge in [0.2, 0.25) is 5.91 Å². The van der Waals surface area contributed by atoms with Gasteiger partial charge in [-0.1, -0.05) is 22.0 Å². The third-order valence-electron chi connectivity index (χ3n) is 4.69. The molecule has 26 heavy (non-hydrogen) atoms. The van der Waals surface area contributed by atoms with Crippen LogP contribution in [-0.4, -0.2) is 23.9 Å². The van der Waals surface area contributed by atoms with Crippen LogP contribution in [0.1, 0.15) is 26.9 Å². The van der Waals surface area contributed by atoms with E-state index in [-0.39, 0.29) is 11.9 Å². The predicted octanol–water partition coefficient (Wildman–Crippen LogP) is 5.47. The van der Waals surface area contributed by atoms with Crippen molar-refractivity contribution in [2.75, 3.05) is 18.4 Å². The number of halogens is 1. The molecule has 0 radical (unpaired) electrons. The van der Waals surface area contributed by atoms with Crippen LogP contribution in [0.5, 0.6) is 0 Å². The number of amides is 1. The van der Waals surface area contributed by atoms with Gasteiger partial charge in [0.15, 0.2) is 0 Å². The van der Waals surface area contributed by atoms with E-state index in [1.165, 1.54) is 15.3 Å². The molecule has 6 heteroatoms. The molecule has 1 aliphatic heterocycles. The molecule has 3 heterocycles. The minimum Gasteiger partial charge on any atom is -0.325 e. The van der Waals surface area contributed by atoms with Crippen molar-refractivity contribution in [1.82, 2.24) is 4.90 Å². The third-order valence-corrected chi connectivity index (χ3v) is 7.10. The SMILES string of the molecule is Cc1cc(Br)ccc1NC(=O)CN1CCc2sccc2[C@@H]1c1cccs1. The van der Waals surface area contributed by atoms with Crippen molar-refractivity contribution in [3.8, 4) is 0 Å². The molecule has 134 valence electrons. The Labute approximate surface area is 169 Å². The van der Waals surface area contributed by atoms with E-state index < -0.39 is 0 Å². The van der Waals surface area contributed by atoms with Crippen LogP contribution in [0.2, 0.25) is 0 Å². The number of hydrogen-bond donors (Lipinski definition) is 1. The number of carbonyl (C=O) groups excluding carboxylic acids is 1. The topological polar surface area (TPSA) is 32.3 Å². The number of hydrogen-bond acceptors (Lipinski definition) is 4. The molecule has 0 saturated carbocycles. The van der Waals surface area contributed by atoms with E-state index in [0.29, 0.717) is 6.54 Å². The minimum atomic E-state index is 0.0376. The number of rotatable bonds is 4. The van der Waals surface area contributed by atoms with Crippen molar-refractivity contribution in [1.29, 1.82) is 0 Å². The zero-order valence-corrected chi connectivity index (χ0v) is 17.6. The number of carbonyl (C=O) groups is 1. The fourth-order valence-electron chi connectivity index (χ4n) is 3.46. The first-order chi connectivity index (χ1) is 12.6. The maximum Gasteiger partial charge on any atom is 0.238 e. The van der Waals surface area contributed by atoms with Crippen LogP contribution >= 0.6 is 38.6 Å². The van der Waals surface area contributed by atoms with Crippen molar-refractivity contribution in [2.45, 2.75) is 19.4 Å². The fraction of sp³-hybridized carbons (Fsp3) is 0.250. The van der Waals surface area contributed by atoms with Crippen LogP contribution < -0.4 is 5.32 Å². The second-order valence-corrected chi connectivity index (χ2v) is 9.34. The van der Waals surface area contributed by atoms with Crippen LogP contribution in [0.25, 0.3) is 0 Å². The number of fused-ring (bicyclic) bond motifs is 1. The first-order valence-corrected chi connectivity index (χ1v) is 11.1. The molecule has 3 nitrogen and oxygen atoms in total. The first-order valence-electron chi connectivity index (χ1n) is 8.51. The van der Waals surface area contributed by atoms with Gasteiger partial charge in [0.25, 0.3) is 0 Å². The molecule has 2 aromatic heterocycles. The lowest BCUT2D eigenvalue weighted by atomic mass is 9.98. The first kappa shape index (κ1) is 17.9. The summed E-state index contributed by atoms with van der Waals surface area (Å²) in [6, 6.07) is 12.6. The van der Waals surface area contributed by atoms with E-state index in [0.717, 1.165) is 28.7 Å². The summed E-state index contributed by atoms with van der Waals surface area (Å²) < 4.78 is 1.02. The van der Waals surface area contributed by atoms with Gasteiger partial charge in [0, 0.05) is 26.5 Å². The molecule has 0 unspecified atom stereocenters. The third kappa shape index (κ3) is 3.64. The van der Waals surface area contributed by atoms with Gasteiger partial charge in [-0.3, -0.25) is 9.69 Å². The Bertz CT molecular complexity index is 920. The smallest absolute Gasteiger partial charge is 0.238 e. The molecule has 0 fully saturated rings. The number of aryl methyl sites for hydroxylation is 1. The predicted molar refractivity (Wildman–Crippen MR) is 113 cm³/mol. The fourth-order valence-corrected chi connectivity index (χ4v) is 5.72. The van der Waals surface area contributed by atoms with E-state index >= 15 is 0 Å². The molecule has 0 bridgehead atoms. The van der Waals surface area contributed by atoms with Gasteiger partial charge in [0.05, 0.1) is 12.6 Å². The summed E-state index contributed by atoms with van der Waals surface area (Å²) in [6.07, 6.45) is 1.01. The van der Waals surface area contributed by atoms with E-state index in [2.05, 4.69) is 55.1 Å². The Morgan fingerprint density at radius 1 is 1.27 bits per heavy atom. The van der Waals surface area contributed by atoms with Crippen LogP contribution in [0.4, 0.5) is 5.69 Å². The second-order valence-electron chi connectivity index (χ2n) is 6.44. The Morgan fingerprint density at radius 3 is 2.92 bits per heavy atom. The Hall–Kier alpha value is -1.47. The van der Waals surface area contributed by atoms with Crippen molar-refractivity contribution >= 4 is 50.2 Å². The highest BCUT2D eigenvalue weighted by Crippen LogP contribution is 2.39. The van der Waals surface area contributed by atoms with Gasteiger partial charge in [0.1, 0.15) is 0 Å². The number of thiophene rings is 2. The van der Waals surface area contributed by atoms with Crippen LogP contribution in [-0.2, 0) is 11.2 Å². The number of anilines is 1. The Kier molecular flexibility index (Phi) is 5.27. The Balaban J connectivity index is 1.54. The lowest BCUT2D eigenvalue weighted by Crippen LogP contribution is -2.40. The van der Waals surface area contributed by atoms with Gasteiger partial charge in [-0.2, -0.15) is 0 Å². The van der Waals surface area contributed by atoms with Crippen molar-refractivity contribution in [3.05, 3.63) is 72.5 Å². The van der Waals surface area contributed by atoms with Gasteiger partial charge in [-0.15, -0.1) is 22.7 Å². The summed E-state index contributed by atoms with van der Waals surface area (Å²) in [5.74, 6) is 0.0376. The molecule has 1 atom stereocenters. The van der Waals surface area contributed by atoms with E-state index in [1.54, 1.807) is 11.3 Å². The summed E-state index contributed by atoms with van der Waals surface area (Å²) in [5.41, 5.74) is 3.29. The van der Waals surface area contributed by atoms with E-state index in [9.17, 15) is 4.79 Å². The summed E-state index contributed by atoms with van der Waals surface area (Å²) in [5, 5.41) is 7.35. The molecular weight excluding hydrogens is 428 g/mol. The molecule has 1 aromatic carbocycles. The molecule has 1 aliphatic rings. The summed E-state index contributed by atoms with van der Waals surface area (Å²) >= 11 is 7.05. The maximum absolute atomic E-state index is 12.7. The molecule has 0 saturated heterocycles. The average Bonchev–Trinajstić information content (AvgIpc) is 3.28. The van der Waals surface area contributed by atoms with Gasteiger partial charge in [-0.25, -0.2) is 0 Å². The van der Waals surface area contributed by atoms with Crippen molar-refractivity contribution in [3.63, 3.8) is 0 Å². The number of benzene rings is 1. The van der Waals surface area contributed by atoms with Gasteiger partial charge in [-0.05, 0) is 65.6 Å². The van der Waals surface area contributed by atoms with Crippen LogP contribution in [0.15, 0.2) is 51.6 Å². The minimum absolute atomic E-state index is 0.0376. The molecule has 1 N–H and O–H groups in total. The molecule has 0 aliphatic carbocycles.